The Hall–Kier alpha value is -0.880. The zero-order valence-corrected chi connectivity index (χ0v) is 14.8. The summed E-state index contributed by atoms with van der Waals surface area (Å²) in [6.07, 6.45) is 0.155. The van der Waals surface area contributed by atoms with Crippen molar-refractivity contribution in [2.45, 2.75) is 39.1 Å². The highest BCUT2D eigenvalue weighted by Gasteiger charge is 2.52. The fourth-order valence-corrected chi connectivity index (χ4v) is 3.87. The van der Waals surface area contributed by atoms with E-state index in [0.29, 0.717) is 13.5 Å². The highest BCUT2D eigenvalue weighted by Crippen LogP contribution is 2.28. The van der Waals surface area contributed by atoms with Gasteiger partial charge in [0.15, 0.2) is 0 Å². The number of esters is 1. The normalized spacial score (nSPS) is 14.1. The van der Waals surface area contributed by atoms with Gasteiger partial charge in [0.1, 0.15) is 0 Å². The number of carbonyl (C=O) groups excluding carboxylic acids is 1. The second kappa shape index (κ2) is 7.34. The second-order valence-electron chi connectivity index (χ2n) is 5.37. The van der Waals surface area contributed by atoms with Gasteiger partial charge in [0.25, 0.3) is 0 Å². The molecule has 0 aliphatic rings. The minimum absolute atomic E-state index is 0.310. The van der Waals surface area contributed by atoms with Crippen LogP contribution in [0.3, 0.4) is 0 Å². The molecule has 0 unspecified atom stereocenters. The van der Waals surface area contributed by atoms with Gasteiger partial charge in [0.2, 0.25) is 10.0 Å². The van der Waals surface area contributed by atoms with Crippen LogP contribution in [0.25, 0.3) is 0 Å². The predicted octanol–water partition coefficient (Wildman–Crippen LogP) is 1.47. The lowest BCUT2D eigenvalue weighted by Crippen LogP contribution is -2.42. The topological polar surface area (TPSA) is 97.8 Å². The van der Waals surface area contributed by atoms with Crippen LogP contribution in [0, 0.1) is 5.41 Å². The van der Waals surface area contributed by atoms with E-state index >= 15 is 0 Å². The molecular weight excluding hydrogens is 363 g/mol. The lowest BCUT2D eigenvalue weighted by Gasteiger charge is -2.21. The molecule has 0 rings (SSSR count). The molecular formula is C11H20F3NO6S2. The van der Waals surface area contributed by atoms with Gasteiger partial charge in [0, 0.05) is 7.05 Å². The zero-order chi connectivity index (χ0) is 18.7. The fourth-order valence-electron chi connectivity index (χ4n) is 1.17. The first-order valence-electron chi connectivity index (χ1n) is 6.55. The van der Waals surface area contributed by atoms with Crippen molar-refractivity contribution in [2.24, 2.45) is 5.41 Å². The maximum Gasteiger partial charge on any atom is 0.512 e. The van der Waals surface area contributed by atoms with Crippen molar-refractivity contribution in [1.82, 2.24) is 3.71 Å². The standard InChI is InChI=1S/C11H20F3NO6S2/c1-5-10(2,3)9(16)21-7-6-8-22(17,18)15(4)23(19,20)11(12,13)14/h5-8H2,1-4H3. The molecule has 0 aromatic rings. The number of rotatable bonds is 8. The highest BCUT2D eigenvalue weighted by molar-refractivity contribution is 8.04. The van der Waals surface area contributed by atoms with Crippen molar-refractivity contribution < 1.29 is 39.5 Å². The van der Waals surface area contributed by atoms with Gasteiger partial charge < -0.3 is 4.74 Å². The Morgan fingerprint density at radius 3 is 2.00 bits per heavy atom. The van der Waals surface area contributed by atoms with Crippen LogP contribution in [0.4, 0.5) is 13.2 Å². The van der Waals surface area contributed by atoms with Gasteiger partial charge in [-0.05, 0) is 26.7 Å². The molecule has 0 fully saturated rings. The Morgan fingerprint density at radius 1 is 1.13 bits per heavy atom. The van der Waals surface area contributed by atoms with E-state index in [-0.39, 0.29) is 13.0 Å². The second-order valence-corrected chi connectivity index (χ2v) is 9.69. The molecule has 0 radical (unpaired) electrons. The fraction of sp³-hybridized carbons (Fsp3) is 0.909. The van der Waals surface area contributed by atoms with Crippen molar-refractivity contribution in [1.29, 1.82) is 0 Å². The molecule has 0 amide bonds. The Balaban J connectivity index is 4.72. The largest absolute Gasteiger partial charge is 0.512 e. The van der Waals surface area contributed by atoms with E-state index in [4.69, 9.17) is 4.74 Å². The first kappa shape index (κ1) is 22.1. The van der Waals surface area contributed by atoms with E-state index < -0.39 is 46.4 Å². The van der Waals surface area contributed by atoms with Crippen LogP contribution < -0.4 is 0 Å². The van der Waals surface area contributed by atoms with Gasteiger partial charge in [-0.25, -0.2) is 16.8 Å². The third kappa shape index (κ3) is 5.60. The van der Waals surface area contributed by atoms with Crippen molar-refractivity contribution in [2.75, 3.05) is 19.4 Å². The summed E-state index contributed by atoms with van der Waals surface area (Å²) in [5, 5.41) is 0. The van der Waals surface area contributed by atoms with Crippen LogP contribution in [0.1, 0.15) is 33.6 Å². The number of ether oxygens (including phenoxy) is 1. The molecule has 0 heterocycles. The molecule has 0 bridgehead atoms. The number of nitrogens with zero attached hydrogens (tertiary/aromatic N) is 1. The van der Waals surface area contributed by atoms with Crippen molar-refractivity contribution in [3.8, 4) is 0 Å². The molecule has 0 aromatic heterocycles. The van der Waals surface area contributed by atoms with Crippen molar-refractivity contribution in [3.05, 3.63) is 0 Å². The summed E-state index contributed by atoms with van der Waals surface area (Å²) in [5.41, 5.74) is -6.48. The van der Waals surface area contributed by atoms with Crippen LogP contribution in [0.2, 0.25) is 0 Å². The zero-order valence-electron chi connectivity index (χ0n) is 13.2. The third-order valence-electron chi connectivity index (χ3n) is 3.24. The van der Waals surface area contributed by atoms with Gasteiger partial charge >= 0.3 is 21.5 Å². The molecule has 12 heteroatoms. The summed E-state index contributed by atoms with van der Waals surface area (Å²) in [7, 11) is -10.4. The van der Waals surface area contributed by atoms with E-state index in [2.05, 4.69) is 0 Å². The highest BCUT2D eigenvalue weighted by atomic mass is 32.3. The molecule has 0 atom stereocenters. The molecule has 0 N–H and O–H groups in total. The average molecular weight is 383 g/mol. The maximum atomic E-state index is 12.3. The quantitative estimate of drug-likeness (QED) is 0.465. The number of alkyl halides is 3. The van der Waals surface area contributed by atoms with Gasteiger partial charge in [-0.15, -0.1) is 0 Å². The monoisotopic (exact) mass is 383 g/mol. The molecule has 138 valence electrons. The number of halogens is 3. The smallest absolute Gasteiger partial charge is 0.465 e. The van der Waals surface area contributed by atoms with Crippen molar-refractivity contribution in [3.63, 3.8) is 0 Å². The number of carbonyl (C=O) groups is 1. The lowest BCUT2D eigenvalue weighted by atomic mass is 9.91. The summed E-state index contributed by atoms with van der Waals surface area (Å²) in [4.78, 5) is 11.6. The predicted molar refractivity (Wildman–Crippen MR) is 76.2 cm³/mol. The van der Waals surface area contributed by atoms with Gasteiger partial charge in [-0.1, -0.05) is 10.6 Å². The van der Waals surface area contributed by atoms with Crippen LogP contribution in [0.15, 0.2) is 0 Å². The number of hydrogen-bond acceptors (Lipinski definition) is 6. The van der Waals surface area contributed by atoms with E-state index in [0.717, 1.165) is 0 Å². The molecule has 23 heavy (non-hydrogen) atoms. The minimum Gasteiger partial charge on any atom is -0.465 e. The molecule has 0 aliphatic carbocycles. The molecule has 0 aromatic carbocycles. The van der Waals surface area contributed by atoms with Crippen LogP contribution >= 0.6 is 0 Å². The first-order valence-corrected chi connectivity index (χ1v) is 9.60. The van der Waals surface area contributed by atoms with E-state index in [1.165, 1.54) is 0 Å². The van der Waals surface area contributed by atoms with E-state index in [1.807, 2.05) is 0 Å². The van der Waals surface area contributed by atoms with Gasteiger partial charge in [0.05, 0.1) is 17.8 Å². The van der Waals surface area contributed by atoms with Crippen LogP contribution in [-0.2, 0) is 29.6 Å². The van der Waals surface area contributed by atoms with Crippen LogP contribution in [0.5, 0.6) is 0 Å². The summed E-state index contributed by atoms with van der Waals surface area (Å²) >= 11 is 0. The molecule has 0 aliphatic heterocycles. The molecule has 0 saturated heterocycles. The number of sulfonamides is 2. The van der Waals surface area contributed by atoms with E-state index in [9.17, 15) is 34.8 Å². The van der Waals surface area contributed by atoms with Gasteiger partial charge in [-0.2, -0.15) is 13.2 Å². The summed E-state index contributed by atoms with van der Waals surface area (Å²) in [6, 6.07) is 0. The SMILES string of the molecule is CCC(C)(C)C(=O)OCCCS(=O)(=O)N(C)S(=O)(=O)C(F)(F)F. The lowest BCUT2D eigenvalue weighted by molar-refractivity contribution is -0.154. The first-order chi connectivity index (χ1) is 10.1. The summed E-state index contributed by atoms with van der Waals surface area (Å²) in [6.45, 7) is 4.65. The molecule has 7 nitrogen and oxygen atoms in total. The Kier molecular flexibility index (Phi) is 7.06. The summed E-state index contributed by atoms with van der Waals surface area (Å²) in [5.74, 6) is -1.48. The number of hydrogen-bond donors (Lipinski definition) is 0. The molecule has 0 saturated carbocycles. The van der Waals surface area contributed by atoms with Gasteiger partial charge in [-0.3, -0.25) is 4.79 Å². The Bertz CT molecular complexity index is 625. The third-order valence-corrected chi connectivity index (χ3v) is 7.36. The van der Waals surface area contributed by atoms with Crippen molar-refractivity contribution >= 4 is 26.0 Å². The molecule has 0 spiro atoms. The minimum atomic E-state index is -5.98. The van der Waals surface area contributed by atoms with E-state index in [1.54, 1.807) is 20.8 Å². The Morgan fingerprint density at radius 2 is 1.61 bits per heavy atom. The average Bonchev–Trinajstić information content (AvgIpc) is 2.40. The summed E-state index contributed by atoms with van der Waals surface area (Å²) < 4.78 is 86.4. The van der Waals surface area contributed by atoms with Crippen LogP contribution in [-0.4, -0.2) is 51.4 Å². The maximum absolute atomic E-state index is 12.3. The Labute approximate surface area is 133 Å².